The van der Waals surface area contributed by atoms with Crippen molar-refractivity contribution in [1.82, 2.24) is 9.55 Å². The number of aliphatic hydroxyl groups excluding tert-OH is 1. The van der Waals surface area contributed by atoms with Crippen LogP contribution < -0.4 is 0 Å². The van der Waals surface area contributed by atoms with Gasteiger partial charge in [0.15, 0.2) is 5.69 Å². The Bertz CT molecular complexity index is 359. The van der Waals surface area contributed by atoms with Gasteiger partial charge in [-0.2, -0.15) is 0 Å². The fourth-order valence-corrected chi connectivity index (χ4v) is 1.69. The Balaban J connectivity index is 2.35. The van der Waals surface area contributed by atoms with Gasteiger partial charge in [0.2, 0.25) is 0 Å². The second-order valence-electron chi connectivity index (χ2n) is 3.37. The average molecular weight is 196 g/mol. The number of carbonyl (C=O) groups excluding carboxylic acids is 1. The second-order valence-corrected chi connectivity index (χ2v) is 3.37. The normalized spacial score (nSPS) is 20.3. The van der Waals surface area contributed by atoms with E-state index in [1.54, 1.807) is 6.33 Å². The number of rotatable bonds is 1. The molecule has 0 aliphatic carbocycles. The third kappa shape index (κ3) is 1.39. The van der Waals surface area contributed by atoms with Crippen LogP contribution in [0.3, 0.4) is 0 Å². The third-order valence-corrected chi connectivity index (χ3v) is 2.46. The molecule has 0 amide bonds. The Morgan fingerprint density at radius 3 is 3.29 bits per heavy atom. The summed E-state index contributed by atoms with van der Waals surface area (Å²) in [6, 6.07) is 0. The SMILES string of the molecule is COC(=O)c1ncn2c1CC(O)CC2. The number of aliphatic hydroxyl groups is 1. The van der Waals surface area contributed by atoms with E-state index in [1.807, 2.05) is 4.57 Å². The number of fused-ring (bicyclic) bond motifs is 1. The molecule has 2 rings (SSSR count). The molecule has 2 heterocycles. The maximum Gasteiger partial charge on any atom is 0.358 e. The van der Waals surface area contributed by atoms with Crippen molar-refractivity contribution in [1.29, 1.82) is 0 Å². The second kappa shape index (κ2) is 3.42. The Kier molecular flexibility index (Phi) is 2.25. The van der Waals surface area contributed by atoms with Gasteiger partial charge in [0.25, 0.3) is 0 Å². The topological polar surface area (TPSA) is 64.3 Å². The van der Waals surface area contributed by atoms with Crippen LogP contribution in [0.25, 0.3) is 0 Å². The van der Waals surface area contributed by atoms with E-state index in [-0.39, 0.29) is 6.10 Å². The number of hydrogen-bond acceptors (Lipinski definition) is 4. The van der Waals surface area contributed by atoms with Crippen LogP contribution in [0.15, 0.2) is 6.33 Å². The molecule has 0 aromatic carbocycles. The number of aromatic nitrogens is 2. The summed E-state index contributed by atoms with van der Waals surface area (Å²) in [6.07, 6.45) is 2.43. The Labute approximate surface area is 81.3 Å². The first-order valence-corrected chi connectivity index (χ1v) is 4.52. The molecule has 1 aromatic heterocycles. The molecular formula is C9H12N2O3. The largest absolute Gasteiger partial charge is 0.464 e. The highest BCUT2D eigenvalue weighted by atomic mass is 16.5. The Hall–Kier alpha value is -1.36. The predicted molar refractivity (Wildman–Crippen MR) is 47.9 cm³/mol. The molecule has 0 saturated heterocycles. The number of imidazole rings is 1. The van der Waals surface area contributed by atoms with E-state index in [0.29, 0.717) is 25.1 Å². The van der Waals surface area contributed by atoms with Gasteiger partial charge in [-0.15, -0.1) is 0 Å². The lowest BCUT2D eigenvalue weighted by atomic mass is 10.1. The zero-order valence-corrected chi connectivity index (χ0v) is 7.93. The number of nitrogens with zero attached hydrogens (tertiary/aromatic N) is 2. The molecule has 0 spiro atoms. The zero-order valence-electron chi connectivity index (χ0n) is 7.93. The Morgan fingerprint density at radius 1 is 1.79 bits per heavy atom. The molecular weight excluding hydrogens is 184 g/mol. The average Bonchev–Trinajstić information content (AvgIpc) is 2.59. The molecule has 1 unspecified atom stereocenters. The standard InChI is InChI=1S/C9H12N2O3/c1-14-9(13)8-7-4-6(12)2-3-11(7)5-10-8/h5-6,12H,2-4H2,1H3. The summed E-state index contributed by atoms with van der Waals surface area (Å²) in [7, 11) is 1.33. The highest BCUT2D eigenvalue weighted by molar-refractivity contribution is 5.88. The molecule has 1 aliphatic heterocycles. The highest BCUT2D eigenvalue weighted by Crippen LogP contribution is 2.18. The lowest BCUT2D eigenvalue weighted by Gasteiger charge is -2.19. The maximum absolute atomic E-state index is 11.3. The van der Waals surface area contributed by atoms with Crippen LogP contribution in [0.5, 0.6) is 0 Å². The van der Waals surface area contributed by atoms with E-state index in [2.05, 4.69) is 9.72 Å². The number of methoxy groups -OCH3 is 1. The van der Waals surface area contributed by atoms with E-state index < -0.39 is 5.97 Å². The van der Waals surface area contributed by atoms with Crippen LogP contribution in [0.1, 0.15) is 22.6 Å². The molecule has 1 aromatic rings. The Morgan fingerprint density at radius 2 is 2.57 bits per heavy atom. The van der Waals surface area contributed by atoms with Gasteiger partial charge < -0.3 is 14.4 Å². The van der Waals surface area contributed by atoms with Crippen molar-refractivity contribution in [3.63, 3.8) is 0 Å². The van der Waals surface area contributed by atoms with Crippen molar-refractivity contribution >= 4 is 5.97 Å². The highest BCUT2D eigenvalue weighted by Gasteiger charge is 2.24. The van der Waals surface area contributed by atoms with E-state index in [4.69, 9.17) is 0 Å². The van der Waals surface area contributed by atoms with Gasteiger partial charge in [0.05, 0.1) is 25.2 Å². The van der Waals surface area contributed by atoms with Gasteiger partial charge in [-0.25, -0.2) is 9.78 Å². The minimum absolute atomic E-state index is 0.325. The summed E-state index contributed by atoms with van der Waals surface area (Å²) in [5.41, 5.74) is 1.10. The summed E-state index contributed by atoms with van der Waals surface area (Å²) in [4.78, 5) is 15.3. The van der Waals surface area contributed by atoms with E-state index >= 15 is 0 Å². The lowest BCUT2D eigenvalue weighted by Crippen LogP contribution is -2.24. The summed E-state index contributed by atoms with van der Waals surface area (Å²) >= 11 is 0. The predicted octanol–water partition coefficient (Wildman–Crippen LogP) is -0.0232. The molecule has 0 bridgehead atoms. The van der Waals surface area contributed by atoms with Crippen LogP contribution in [0.2, 0.25) is 0 Å². The molecule has 5 nitrogen and oxygen atoms in total. The molecule has 0 fully saturated rings. The van der Waals surface area contributed by atoms with Crippen LogP contribution in [-0.4, -0.2) is 33.8 Å². The number of aryl methyl sites for hydroxylation is 1. The quantitative estimate of drug-likeness (QED) is 0.641. The summed E-state index contributed by atoms with van der Waals surface area (Å²) < 4.78 is 6.49. The number of hydrogen-bond donors (Lipinski definition) is 1. The lowest BCUT2D eigenvalue weighted by molar-refractivity contribution is 0.0590. The molecule has 76 valence electrons. The van der Waals surface area contributed by atoms with Crippen molar-refractivity contribution < 1.29 is 14.6 Å². The smallest absolute Gasteiger partial charge is 0.358 e. The first-order chi connectivity index (χ1) is 6.72. The van der Waals surface area contributed by atoms with Crippen LogP contribution in [-0.2, 0) is 17.7 Å². The summed E-state index contributed by atoms with van der Waals surface area (Å²) in [6.45, 7) is 0.709. The molecule has 1 atom stereocenters. The van der Waals surface area contributed by atoms with E-state index in [9.17, 15) is 9.90 Å². The fourth-order valence-electron chi connectivity index (χ4n) is 1.69. The van der Waals surface area contributed by atoms with Gasteiger partial charge in [-0.05, 0) is 6.42 Å². The molecule has 5 heteroatoms. The maximum atomic E-state index is 11.3. The number of esters is 1. The van der Waals surface area contributed by atoms with Gasteiger partial charge in [0, 0.05) is 13.0 Å². The van der Waals surface area contributed by atoms with Gasteiger partial charge >= 0.3 is 5.97 Å². The molecule has 1 N–H and O–H groups in total. The molecule has 14 heavy (non-hydrogen) atoms. The van der Waals surface area contributed by atoms with Gasteiger partial charge in [0.1, 0.15) is 0 Å². The monoisotopic (exact) mass is 196 g/mol. The van der Waals surface area contributed by atoms with Crippen molar-refractivity contribution in [3.05, 3.63) is 17.7 Å². The number of ether oxygens (including phenoxy) is 1. The van der Waals surface area contributed by atoms with Crippen LogP contribution in [0.4, 0.5) is 0 Å². The minimum atomic E-state index is -0.437. The third-order valence-electron chi connectivity index (χ3n) is 2.46. The molecule has 0 saturated carbocycles. The van der Waals surface area contributed by atoms with Crippen LogP contribution >= 0.6 is 0 Å². The summed E-state index contributed by atoms with van der Waals surface area (Å²) in [5.74, 6) is -0.437. The first kappa shape index (κ1) is 9.21. The first-order valence-electron chi connectivity index (χ1n) is 4.52. The number of carbonyl (C=O) groups is 1. The van der Waals surface area contributed by atoms with Crippen molar-refractivity contribution in [2.24, 2.45) is 0 Å². The van der Waals surface area contributed by atoms with E-state index in [0.717, 1.165) is 5.69 Å². The molecule has 1 aliphatic rings. The van der Waals surface area contributed by atoms with Crippen molar-refractivity contribution in [2.75, 3.05) is 7.11 Å². The van der Waals surface area contributed by atoms with Crippen molar-refractivity contribution in [3.8, 4) is 0 Å². The summed E-state index contributed by atoms with van der Waals surface area (Å²) in [5, 5.41) is 9.46. The van der Waals surface area contributed by atoms with Gasteiger partial charge in [-0.1, -0.05) is 0 Å². The fraction of sp³-hybridized carbons (Fsp3) is 0.556. The molecule has 0 radical (unpaired) electrons. The van der Waals surface area contributed by atoms with Gasteiger partial charge in [-0.3, -0.25) is 0 Å². The van der Waals surface area contributed by atoms with Crippen LogP contribution in [0, 0.1) is 0 Å². The van der Waals surface area contributed by atoms with E-state index in [1.165, 1.54) is 7.11 Å². The minimum Gasteiger partial charge on any atom is -0.464 e. The van der Waals surface area contributed by atoms with Crippen molar-refractivity contribution in [2.45, 2.75) is 25.5 Å². The zero-order chi connectivity index (χ0) is 10.1.